The Hall–Kier alpha value is -1.66. The number of aromatic nitrogens is 1. The van der Waals surface area contributed by atoms with Crippen molar-refractivity contribution >= 4 is 0 Å². The number of pyridine rings is 1. The van der Waals surface area contributed by atoms with Gasteiger partial charge >= 0.3 is 0 Å². The Kier molecular flexibility index (Phi) is 3.84. The summed E-state index contributed by atoms with van der Waals surface area (Å²) < 4.78 is 0. The average molecular weight is 187 g/mol. The van der Waals surface area contributed by atoms with E-state index in [0.29, 0.717) is 5.69 Å². The van der Waals surface area contributed by atoms with Crippen LogP contribution in [-0.4, -0.2) is 11.5 Å². The zero-order chi connectivity index (χ0) is 10.4. The van der Waals surface area contributed by atoms with Gasteiger partial charge in [0.15, 0.2) is 0 Å². The molecule has 0 aromatic carbocycles. The molecule has 0 aliphatic carbocycles. The van der Waals surface area contributed by atoms with Crippen molar-refractivity contribution in [1.29, 1.82) is 5.26 Å². The van der Waals surface area contributed by atoms with Gasteiger partial charge in [0.05, 0.1) is 0 Å². The molecule has 0 atom stereocenters. The molecule has 0 aliphatic heterocycles. The van der Waals surface area contributed by atoms with Gasteiger partial charge in [-0.3, -0.25) is 0 Å². The van der Waals surface area contributed by atoms with Crippen LogP contribution in [0.3, 0.4) is 0 Å². The molecule has 1 aromatic rings. The predicted octanol–water partition coefficient (Wildman–Crippen LogP) is 1.62. The van der Waals surface area contributed by atoms with Crippen molar-refractivity contribution in [3.63, 3.8) is 0 Å². The molecule has 0 spiro atoms. The Balaban J connectivity index is 2.51. The molecule has 1 N–H and O–H groups in total. The Labute approximate surface area is 84.1 Å². The maximum atomic E-state index is 8.63. The zero-order valence-corrected chi connectivity index (χ0v) is 8.25. The van der Waals surface area contributed by atoms with Crippen molar-refractivity contribution in [3.8, 4) is 6.07 Å². The van der Waals surface area contributed by atoms with E-state index < -0.39 is 0 Å². The number of nitriles is 1. The van der Waals surface area contributed by atoms with E-state index in [-0.39, 0.29) is 0 Å². The lowest BCUT2D eigenvalue weighted by Gasteiger charge is -2.03. The molecule has 0 unspecified atom stereocenters. The van der Waals surface area contributed by atoms with Crippen molar-refractivity contribution in [2.24, 2.45) is 0 Å². The molecule has 14 heavy (non-hydrogen) atoms. The van der Waals surface area contributed by atoms with E-state index in [1.165, 1.54) is 0 Å². The van der Waals surface area contributed by atoms with Crippen molar-refractivity contribution in [2.75, 3.05) is 6.54 Å². The number of rotatable bonds is 4. The monoisotopic (exact) mass is 187 g/mol. The summed E-state index contributed by atoms with van der Waals surface area (Å²) >= 11 is 0. The lowest BCUT2D eigenvalue weighted by Crippen LogP contribution is -2.15. The standard InChI is InChI=1S/C11H13N3/c1-9(2)7-13-8-10-3-4-14-11(5-10)6-12/h3-5,13H,1,7-8H2,2H3. The van der Waals surface area contributed by atoms with E-state index >= 15 is 0 Å². The second-order valence-corrected chi connectivity index (χ2v) is 3.22. The minimum atomic E-state index is 0.458. The molecule has 3 heteroatoms. The van der Waals surface area contributed by atoms with Crippen LogP contribution in [0.15, 0.2) is 30.5 Å². The molecule has 0 fully saturated rings. The summed E-state index contributed by atoms with van der Waals surface area (Å²) in [5, 5.41) is 11.8. The highest BCUT2D eigenvalue weighted by Crippen LogP contribution is 2.00. The number of hydrogen-bond acceptors (Lipinski definition) is 3. The largest absolute Gasteiger partial charge is 0.309 e. The first-order valence-corrected chi connectivity index (χ1v) is 4.42. The lowest BCUT2D eigenvalue weighted by atomic mass is 10.2. The van der Waals surface area contributed by atoms with E-state index in [2.05, 4.69) is 16.9 Å². The van der Waals surface area contributed by atoms with Crippen LogP contribution in [0, 0.1) is 11.3 Å². The third-order valence-corrected chi connectivity index (χ3v) is 1.69. The Bertz CT molecular complexity index is 363. The molecule has 0 saturated carbocycles. The fraction of sp³-hybridized carbons (Fsp3) is 0.273. The van der Waals surface area contributed by atoms with Gasteiger partial charge in [-0.2, -0.15) is 5.26 Å². The van der Waals surface area contributed by atoms with Gasteiger partial charge < -0.3 is 5.32 Å². The normalized spacial score (nSPS) is 9.43. The van der Waals surface area contributed by atoms with Crippen molar-refractivity contribution in [2.45, 2.75) is 13.5 Å². The zero-order valence-electron chi connectivity index (χ0n) is 8.25. The van der Waals surface area contributed by atoms with Crippen molar-refractivity contribution in [3.05, 3.63) is 41.7 Å². The summed E-state index contributed by atoms with van der Waals surface area (Å²) in [6.07, 6.45) is 1.65. The van der Waals surface area contributed by atoms with Crippen LogP contribution in [0.2, 0.25) is 0 Å². The maximum Gasteiger partial charge on any atom is 0.140 e. The summed E-state index contributed by atoms with van der Waals surface area (Å²) in [5.41, 5.74) is 2.62. The van der Waals surface area contributed by atoms with E-state index in [1.54, 1.807) is 12.3 Å². The topological polar surface area (TPSA) is 48.7 Å². The van der Waals surface area contributed by atoms with Gasteiger partial charge in [-0.15, -0.1) is 0 Å². The average Bonchev–Trinajstić information content (AvgIpc) is 2.18. The van der Waals surface area contributed by atoms with Gasteiger partial charge in [0.25, 0.3) is 0 Å². The van der Waals surface area contributed by atoms with Crippen LogP contribution in [0.25, 0.3) is 0 Å². The first-order chi connectivity index (χ1) is 6.72. The lowest BCUT2D eigenvalue weighted by molar-refractivity contribution is 0.739. The highest BCUT2D eigenvalue weighted by molar-refractivity contribution is 5.25. The molecular weight excluding hydrogens is 174 g/mol. The first-order valence-electron chi connectivity index (χ1n) is 4.42. The number of nitrogens with one attached hydrogen (secondary N) is 1. The van der Waals surface area contributed by atoms with Crippen LogP contribution < -0.4 is 5.32 Å². The van der Waals surface area contributed by atoms with Gasteiger partial charge in [-0.05, 0) is 24.6 Å². The van der Waals surface area contributed by atoms with Crippen molar-refractivity contribution in [1.82, 2.24) is 10.3 Å². The summed E-state index contributed by atoms with van der Waals surface area (Å²) in [6, 6.07) is 5.69. The van der Waals surface area contributed by atoms with Crippen LogP contribution in [0.5, 0.6) is 0 Å². The van der Waals surface area contributed by atoms with Crippen LogP contribution in [0.4, 0.5) is 0 Å². The van der Waals surface area contributed by atoms with Gasteiger partial charge in [-0.25, -0.2) is 4.98 Å². The summed E-state index contributed by atoms with van der Waals surface area (Å²) in [5.74, 6) is 0. The highest BCUT2D eigenvalue weighted by atomic mass is 14.8. The first kappa shape index (κ1) is 10.4. The fourth-order valence-electron chi connectivity index (χ4n) is 1.07. The summed E-state index contributed by atoms with van der Waals surface area (Å²) in [7, 11) is 0. The molecule has 0 bridgehead atoms. The molecule has 72 valence electrons. The molecule has 0 radical (unpaired) electrons. The minimum absolute atomic E-state index is 0.458. The van der Waals surface area contributed by atoms with Gasteiger partial charge in [0.1, 0.15) is 11.8 Å². The second-order valence-electron chi connectivity index (χ2n) is 3.22. The fourth-order valence-corrected chi connectivity index (χ4v) is 1.07. The molecule has 3 nitrogen and oxygen atoms in total. The SMILES string of the molecule is C=C(C)CNCc1ccnc(C#N)c1. The molecule has 1 heterocycles. The smallest absolute Gasteiger partial charge is 0.140 e. The van der Waals surface area contributed by atoms with Crippen molar-refractivity contribution < 1.29 is 0 Å². The van der Waals surface area contributed by atoms with Gasteiger partial charge in [0, 0.05) is 19.3 Å². The van der Waals surface area contributed by atoms with Crippen LogP contribution >= 0.6 is 0 Å². The number of hydrogen-bond donors (Lipinski definition) is 1. The third kappa shape index (κ3) is 3.38. The summed E-state index contributed by atoms with van der Waals surface area (Å²) in [6.45, 7) is 7.30. The quantitative estimate of drug-likeness (QED) is 0.729. The second kappa shape index (κ2) is 5.15. The van der Waals surface area contributed by atoms with E-state index in [1.807, 2.05) is 19.1 Å². The van der Waals surface area contributed by atoms with E-state index in [0.717, 1.165) is 24.2 Å². The number of nitrogens with zero attached hydrogens (tertiary/aromatic N) is 2. The Morgan fingerprint density at radius 1 is 1.71 bits per heavy atom. The van der Waals surface area contributed by atoms with Gasteiger partial charge in [0.2, 0.25) is 0 Å². The maximum absolute atomic E-state index is 8.63. The Morgan fingerprint density at radius 3 is 3.14 bits per heavy atom. The van der Waals surface area contributed by atoms with E-state index in [4.69, 9.17) is 5.26 Å². The predicted molar refractivity (Wildman–Crippen MR) is 55.5 cm³/mol. The minimum Gasteiger partial charge on any atom is -0.309 e. The molecule has 0 saturated heterocycles. The van der Waals surface area contributed by atoms with Crippen LogP contribution in [0.1, 0.15) is 18.2 Å². The van der Waals surface area contributed by atoms with Crippen LogP contribution in [-0.2, 0) is 6.54 Å². The van der Waals surface area contributed by atoms with Gasteiger partial charge in [-0.1, -0.05) is 12.2 Å². The highest BCUT2D eigenvalue weighted by Gasteiger charge is 1.95. The summed E-state index contributed by atoms with van der Waals surface area (Å²) in [4.78, 5) is 3.89. The molecular formula is C11H13N3. The Morgan fingerprint density at radius 2 is 2.50 bits per heavy atom. The molecule has 1 rings (SSSR count). The van der Waals surface area contributed by atoms with E-state index in [9.17, 15) is 0 Å². The third-order valence-electron chi connectivity index (χ3n) is 1.69. The molecule has 0 amide bonds. The molecule has 1 aromatic heterocycles. The molecule has 0 aliphatic rings.